The van der Waals surface area contributed by atoms with Crippen LogP contribution in [0, 0.1) is 52.3 Å². The maximum atomic E-state index is 13.3. The number of fused-ring (bicyclic) bond motifs is 5. The van der Waals surface area contributed by atoms with Gasteiger partial charge in [0.25, 0.3) is 0 Å². The van der Waals surface area contributed by atoms with E-state index in [1.807, 2.05) is 13.0 Å². The van der Waals surface area contributed by atoms with Crippen molar-refractivity contribution in [1.82, 2.24) is 9.97 Å². The average Bonchev–Trinajstić information content (AvgIpc) is 3.20. The number of hydrogen-bond donors (Lipinski definition) is 2. The highest BCUT2D eigenvalue weighted by atomic mass is 16.5. The molecule has 5 rings (SSSR count). The van der Waals surface area contributed by atoms with Gasteiger partial charge in [-0.05, 0) is 106 Å². The molecule has 8 atom stereocenters. The number of aromatic nitrogens is 2. The van der Waals surface area contributed by atoms with Crippen LogP contribution >= 0.6 is 0 Å². The fourth-order valence-electron chi connectivity index (χ4n) is 8.49. The van der Waals surface area contributed by atoms with Gasteiger partial charge in [-0.25, -0.2) is 9.97 Å². The molecule has 1 aromatic heterocycles. The van der Waals surface area contributed by atoms with Crippen molar-refractivity contribution in [1.29, 1.82) is 5.26 Å². The monoisotopic (exact) mass is 466 g/mol. The van der Waals surface area contributed by atoms with Gasteiger partial charge in [-0.2, -0.15) is 5.26 Å². The van der Waals surface area contributed by atoms with Crippen LogP contribution in [0.4, 0.5) is 5.95 Å². The van der Waals surface area contributed by atoms with Crippen molar-refractivity contribution in [3.05, 3.63) is 18.0 Å². The highest BCUT2D eigenvalue weighted by molar-refractivity contribution is 5.91. The number of aliphatic hydroxyl groups is 1. The van der Waals surface area contributed by atoms with Crippen molar-refractivity contribution in [2.45, 2.75) is 77.2 Å². The molecule has 0 spiro atoms. The summed E-state index contributed by atoms with van der Waals surface area (Å²) in [4.78, 5) is 21.6. The Bertz CT molecular complexity index is 963. The Balaban J connectivity index is 1.27. The van der Waals surface area contributed by atoms with Gasteiger partial charge in [-0.1, -0.05) is 6.92 Å². The molecule has 0 saturated heterocycles. The number of amides is 1. The van der Waals surface area contributed by atoms with Crippen LogP contribution in [0.25, 0.3) is 0 Å². The summed E-state index contributed by atoms with van der Waals surface area (Å²) in [7, 11) is 0. The molecule has 0 aliphatic heterocycles. The summed E-state index contributed by atoms with van der Waals surface area (Å²) in [5, 5.41) is 23.1. The van der Waals surface area contributed by atoms with Crippen LogP contribution in [0.2, 0.25) is 0 Å². The lowest BCUT2D eigenvalue weighted by atomic mass is 9.49. The second kappa shape index (κ2) is 9.20. The molecule has 2 N–H and O–H groups in total. The van der Waals surface area contributed by atoms with Gasteiger partial charge < -0.3 is 9.84 Å². The molecule has 1 heterocycles. The van der Waals surface area contributed by atoms with Crippen LogP contribution in [0.5, 0.6) is 0 Å². The number of carbonyl (C=O) groups is 1. The summed E-state index contributed by atoms with van der Waals surface area (Å²) in [6.45, 7) is 5.46. The highest BCUT2D eigenvalue weighted by Crippen LogP contribution is 2.64. The Morgan fingerprint density at radius 3 is 2.82 bits per heavy atom. The Morgan fingerprint density at radius 1 is 1.21 bits per heavy atom. The van der Waals surface area contributed by atoms with E-state index in [0.29, 0.717) is 36.9 Å². The van der Waals surface area contributed by atoms with Crippen molar-refractivity contribution >= 4 is 11.9 Å². The molecule has 184 valence electrons. The first-order valence-corrected chi connectivity index (χ1v) is 13.2. The average molecular weight is 467 g/mol. The molecule has 4 fully saturated rings. The third kappa shape index (κ3) is 4.13. The molecule has 0 bridgehead atoms. The summed E-state index contributed by atoms with van der Waals surface area (Å²) < 4.78 is 5.61. The largest absolute Gasteiger partial charge is 0.387 e. The minimum Gasteiger partial charge on any atom is -0.387 e. The summed E-state index contributed by atoms with van der Waals surface area (Å²) >= 11 is 0. The lowest BCUT2D eigenvalue weighted by Crippen LogP contribution is -2.52. The molecule has 4 aliphatic carbocycles. The maximum absolute atomic E-state index is 13.3. The molecular formula is C27H38N4O3. The van der Waals surface area contributed by atoms with Crippen LogP contribution in [0.1, 0.15) is 77.3 Å². The number of ether oxygens (including phenoxy) is 1. The topological polar surface area (TPSA) is 108 Å². The standard InChI is InChI=1S/C27H38N4O3/c1-3-34-16-27(33)12-9-19-17(14-27)4-5-21-20(19)8-11-26(2)22(21)6-7-23(26)24(32)31-25-29-13-10-18(15-28)30-25/h10,13,17,19-23,33H,3-9,11-12,14,16H2,1-2H3,(H,29,30,31,32)/t17-,19+,20-,21-,22+,23-,26+,27-/m1/s1. The van der Waals surface area contributed by atoms with E-state index in [0.717, 1.165) is 44.4 Å². The number of hydrogen-bond acceptors (Lipinski definition) is 6. The van der Waals surface area contributed by atoms with Crippen LogP contribution in [0.3, 0.4) is 0 Å². The molecule has 4 aliphatic rings. The van der Waals surface area contributed by atoms with E-state index in [-0.39, 0.29) is 28.9 Å². The molecular weight excluding hydrogens is 428 g/mol. The van der Waals surface area contributed by atoms with E-state index in [4.69, 9.17) is 10.00 Å². The van der Waals surface area contributed by atoms with E-state index >= 15 is 0 Å². The summed E-state index contributed by atoms with van der Waals surface area (Å²) in [5.74, 6) is 3.51. The summed E-state index contributed by atoms with van der Waals surface area (Å²) in [5.41, 5.74) is -0.372. The smallest absolute Gasteiger partial charge is 0.230 e. The van der Waals surface area contributed by atoms with Crippen molar-refractivity contribution in [2.24, 2.45) is 40.9 Å². The third-order valence-corrected chi connectivity index (χ3v) is 10.0. The van der Waals surface area contributed by atoms with Crippen LogP contribution in [-0.2, 0) is 9.53 Å². The van der Waals surface area contributed by atoms with Crippen LogP contribution < -0.4 is 5.32 Å². The number of rotatable bonds is 5. The Morgan fingerprint density at radius 2 is 2.03 bits per heavy atom. The van der Waals surface area contributed by atoms with Crippen LogP contribution in [-0.4, -0.2) is 39.8 Å². The zero-order valence-corrected chi connectivity index (χ0v) is 20.5. The fraction of sp³-hybridized carbons (Fsp3) is 0.778. The third-order valence-electron chi connectivity index (χ3n) is 10.0. The number of carbonyl (C=O) groups excluding carboxylic acids is 1. The highest BCUT2D eigenvalue weighted by Gasteiger charge is 2.59. The van der Waals surface area contributed by atoms with Gasteiger partial charge >= 0.3 is 0 Å². The Kier molecular flexibility index (Phi) is 6.41. The lowest BCUT2D eigenvalue weighted by molar-refractivity contribution is -0.135. The van der Waals surface area contributed by atoms with Gasteiger partial charge in [0.05, 0.1) is 12.2 Å². The second-order valence-corrected chi connectivity index (χ2v) is 11.6. The Hall–Kier alpha value is -2.04. The van der Waals surface area contributed by atoms with Crippen molar-refractivity contribution < 1.29 is 14.6 Å². The van der Waals surface area contributed by atoms with Gasteiger partial charge in [0.2, 0.25) is 11.9 Å². The first-order chi connectivity index (χ1) is 16.4. The normalized spacial score (nSPS) is 41.0. The van der Waals surface area contributed by atoms with Gasteiger partial charge in [0, 0.05) is 18.7 Å². The van der Waals surface area contributed by atoms with Gasteiger partial charge in [0.1, 0.15) is 11.8 Å². The first-order valence-electron chi connectivity index (χ1n) is 13.2. The van der Waals surface area contributed by atoms with E-state index in [9.17, 15) is 9.90 Å². The van der Waals surface area contributed by atoms with Crippen molar-refractivity contribution in [3.8, 4) is 6.07 Å². The first kappa shape index (κ1) is 23.7. The minimum absolute atomic E-state index is 0.00544. The molecule has 4 saturated carbocycles. The number of nitrogens with zero attached hydrogens (tertiary/aromatic N) is 3. The quantitative estimate of drug-likeness (QED) is 0.669. The molecule has 7 heteroatoms. The van der Waals surface area contributed by atoms with Crippen LogP contribution in [0.15, 0.2) is 12.3 Å². The van der Waals surface area contributed by atoms with E-state index in [1.165, 1.54) is 25.5 Å². The summed E-state index contributed by atoms with van der Waals surface area (Å²) in [6.07, 6.45) is 11.1. The SMILES string of the molecule is CCOC[C@@]1(O)CC[C@H]2[C@H](CC[C@@H]3[C@@H]2CC[C@]2(C)[C@@H](C(=O)Nc4nccc(C#N)n4)CC[C@@H]32)C1. The number of nitrogens with one attached hydrogen (secondary N) is 1. The number of anilines is 1. The van der Waals surface area contributed by atoms with E-state index < -0.39 is 5.60 Å². The Labute approximate surface area is 202 Å². The van der Waals surface area contributed by atoms with E-state index in [2.05, 4.69) is 22.2 Å². The maximum Gasteiger partial charge on any atom is 0.230 e. The van der Waals surface area contributed by atoms with Gasteiger partial charge in [-0.15, -0.1) is 0 Å². The lowest BCUT2D eigenvalue weighted by Gasteiger charge is -2.57. The van der Waals surface area contributed by atoms with Crippen molar-refractivity contribution in [2.75, 3.05) is 18.5 Å². The molecule has 34 heavy (non-hydrogen) atoms. The molecule has 7 nitrogen and oxygen atoms in total. The predicted molar refractivity (Wildman–Crippen MR) is 127 cm³/mol. The summed E-state index contributed by atoms with van der Waals surface area (Å²) in [6, 6.07) is 3.55. The zero-order chi connectivity index (χ0) is 23.9. The number of nitriles is 1. The fourth-order valence-corrected chi connectivity index (χ4v) is 8.49. The molecule has 1 aromatic rings. The molecule has 0 aromatic carbocycles. The minimum atomic E-state index is -0.644. The molecule has 1 amide bonds. The van der Waals surface area contributed by atoms with Gasteiger partial charge in [-0.3, -0.25) is 10.1 Å². The predicted octanol–water partition coefficient (Wildman–Crippen LogP) is 4.32. The molecule has 0 radical (unpaired) electrons. The van der Waals surface area contributed by atoms with Crippen molar-refractivity contribution in [3.63, 3.8) is 0 Å². The van der Waals surface area contributed by atoms with Gasteiger partial charge in [0.15, 0.2) is 0 Å². The molecule has 0 unspecified atom stereocenters. The van der Waals surface area contributed by atoms with E-state index in [1.54, 1.807) is 6.07 Å². The zero-order valence-electron chi connectivity index (χ0n) is 20.5. The second-order valence-electron chi connectivity index (χ2n) is 11.6.